The van der Waals surface area contributed by atoms with Gasteiger partial charge in [0.05, 0.1) is 5.69 Å². The second-order valence-electron chi connectivity index (χ2n) is 5.36. The minimum atomic E-state index is 0.461. The summed E-state index contributed by atoms with van der Waals surface area (Å²) in [5.41, 5.74) is 7.05. The molecule has 110 valence electrons. The topological polar surface area (TPSA) is 42.2 Å². The molecule has 0 saturated heterocycles. The average Bonchev–Trinajstić information content (AvgIpc) is 2.83. The van der Waals surface area contributed by atoms with Crippen molar-refractivity contribution in [3.05, 3.63) is 10.6 Å². The zero-order valence-corrected chi connectivity index (χ0v) is 13.7. The van der Waals surface area contributed by atoms with Gasteiger partial charge in [-0.05, 0) is 18.8 Å². The molecule has 0 radical (unpaired) electrons. The highest BCUT2D eigenvalue weighted by Crippen LogP contribution is 2.30. The van der Waals surface area contributed by atoms with E-state index in [2.05, 4.69) is 32.6 Å². The fraction of sp³-hybridized carbons (Fsp3) is 0.800. The Kier molecular flexibility index (Phi) is 7.39. The Morgan fingerprint density at radius 3 is 2.11 bits per heavy atom. The Labute approximate surface area is 122 Å². The monoisotopic (exact) mass is 283 g/mol. The van der Waals surface area contributed by atoms with Gasteiger partial charge in [0, 0.05) is 24.5 Å². The lowest BCUT2D eigenvalue weighted by atomic mass is 10.1. The molecule has 0 fully saturated rings. The smallest absolute Gasteiger partial charge is 0.185 e. The summed E-state index contributed by atoms with van der Waals surface area (Å²) in [7, 11) is 0. The van der Waals surface area contributed by atoms with Crippen molar-refractivity contribution in [3.8, 4) is 0 Å². The average molecular weight is 283 g/mol. The van der Waals surface area contributed by atoms with Crippen molar-refractivity contribution in [2.45, 2.75) is 65.8 Å². The molecule has 0 bridgehead atoms. The maximum absolute atomic E-state index is 5.85. The van der Waals surface area contributed by atoms with E-state index in [1.807, 2.05) is 0 Å². The lowest BCUT2D eigenvalue weighted by molar-refractivity contribution is 0.674. The number of nitrogens with zero attached hydrogens (tertiary/aromatic N) is 2. The van der Waals surface area contributed by atoms with Gasteiger partial charge in [-0.15, -0.1) is 11.3 Å². The highest BCUT2D eigenvalue weighted by molar-refractivity contribution is 7.15. The van der Waals surface area contributed by atoms with Crippen molar-refractivity contribution < 1.29 is 0 Å². The van der Waals surface area contributed by atoms with E-state index in [-0.39, 0.29) is 0 Å². The molecule has 19 heavy (non-hydrogen) atoms. The third-order valence-corrected chi connectivity index (χ3v) is 4.44. The van der Waals surface area contributed by atoms with E-state index in [0.29, 0.717) is 12.5 Å². The molecule has 1 aromatic rings. The summed E-state index contributed by atoms with van der Waals surface area (Å²) in [6.07, 6.45) is 4.93. The second kappa shape index (κ2) is 8.54. The fourth-order valence-electron chi connectivity index (χ4n) is 2.08. The number of hydrogen-bond donors (Lipinski definition) is 1. The largest absolute Gasteiger partial charge is 0.348 e. The number of anilines is 1. The molecule has 1 heterocycles. The first kappa shape index (κ1) is 16.4. The first-order chi connectivity index (χ1) is 9.13. The second-order valence-corrected chi connectivity index (χ2v) is 6.42. The summed E-state index contributed by atoms with van der Waals surface area (Å²) < 4.78 is 0. The lowest BCUT2D eigenvalue weighted by Gasteiger charge is -2.21. The molecule has 2 N–H and O–H groups in total. The van der Waals surface area contributed by atoms with Crippen molar-refractivity contribution in [2.75, 3.05) is 18.0 Å². The number of rotatable bonds is 9. The number of hydrogen-bond acceptors (Lipinski definition) is 4. The van der Waals surface area contributed by atoms with Gasteiger partial charge in [-0.25, -0.2) is 4.98 Å². The quantitative estimate of drug-likeness (QED) is 0.741. The normalized spacial score (nSPS) is 11.3. The minimum absolute atomic E-state index is 0.461. The Hall–Kier alpha value is -0.610. The van der Waals surface area contributed by atoms with Crippen molar-refractivity contribution >= 4 is 16.5 Å². The number of nitrogens with two attached hydrogens (primary N) is 1. The van der Waals surface area contributed by atoms with E-state index in [4.69, 9.17) is 10.7 Å². The summed E-state index contributed by atoms with van der Waals surface area (Å²) in [6.45, 7) is 11.7. The number of thiazole rings is 1. The molecule has 1 aromatic heterocycles. The first-order valence-electron chi connectivity index (χ1n) is 7.58. The molecule has 0 aliphatic heterocycles. The lowest BCUT2D eigenvalue weighted by Crippen LogP contribution is -2.25. The van der Waals surface area contributed by atoms with E-state index in [0.717, 1.165) is 13.1 Å². The molecule has 0 aromatic carbocycles. The molecular weight excluding hydrogens is 254 g/mol. The summed E-state index contributed by atoms with van der Waals surface area (Å²) in [4.78, 5) is 8.55. The molecule has 0 amide bonds. The van der Waals surface area contributed by atoms with Gasteiger partial charge in [-0.2, -0.15) is 0 Å². The third kappa shape index (κ3) is 4.77. The van der Waals surface area contributed by atoms with Gasteiger partial charge in [-0.3, -0.25) is 0 Å². The fourth-order valence-corrected chi connectivity index (χ4v) is 3.23. The van der Waals surface area contributed by atoms with E-state index in [1.54, 1.807) is 11.3 Å². The third-order valence-electron chi connectivity index (χ3n) is 3.28. The van der Waals surface area contributed by atoms with E-state index >= 15 is 0 Å². The van der Waals surface area contributed by atoms with Gasteiger partial charge in [0.1, 0.15) is 0 Å². The van der Waals surface area contributed by atoms with Crippen LogP contribution in [0.25, 0.3) is 0 Å². The van der Waals surface area contributed by atoms with Crippen LogP contribution in [0.15, 0.2) is 0 Å². The summed E-state index contributed by atoms with van der Waals surface area (Å²) in [5.74, 6) is 0.461. The summed E-state index contributed by atoms with van der Waals surface area (Å²) in [6, 6.07) is 0. The van der Waals surface area contributed by atoms with Crippen molar-refractivity contribution in [3.63, 3.8) is 0 Å². The van der Waals surface area contributed by atoms with Gasteiger partial charge < -0.3 is 10.6 Å². The predicted molar refractivity (Wildman–Crippen MR) is 86.1 cm³/mol. The standard InChI is InChI=1S/C15H29N3S/c1-5-7-9-18(10-8-6-2)15-17-14(12(3)4)13(11-16)19-15/h12H,5-11,16H2,1-4H3. The van der Waals surface area contributed by atoms with Gasteiger partial charge in [0.15, 0.2) is 5.13 Å². The van der Waals surface area contributed by atoms with Gasteiger partial charge in [0.2, 0.25) is 0 Å². The van der Waals surface area contributed by atoms with Crippen LogP contribution in [0.1, 0.15) is 69.9 Å². The van der Waals surface area contributed by atoms with Crippen LogP contribution in [0.4, 0.5) is 5.13 Å². The minimum Gasteiger partial charge on any atom is -0.348 e. The predicted octanol–water partition coefficient (Wildman–Crippen LogP) is 4.13. The Balaban J connectivity index is 2.87. The highest BCUT2D eigenvalue weighted by Gasteiger charge is 2.17. The molecule has 0 aliphatic carbocycles. The van der Waals surface area contributed by atoms with Crippen LogP contribution in [0.2, 0.25) is 0 Å². The van der Waals surface area contributed by atoms with Gasteiger partial charge in [-0.1, -0.05) is 40.5 Å². The SMILES string of the molecule is CCCCN(CCCC)c1nc(C(C)C)c(CN)s1. The summed E-state index contributed by atoms with van der Waals surface area (Å²) >= 11 is 1.79. The molecule has 4 heteroatoms. The Morgan fingerprint density at radius 1 is 1.16 bits per heavy atom. The van der Waals surface area contributed by atoms with Crippen LogP contribution >= 0.6 is 11.3 Å². The van der Waals surface area contributed by atoms with Crippen LogP contribution in [-0.4, -0.2) is 18.1 Å². The molecule has 0 saturated carbocycles. The molecular formula is C15H29N3S. The Morgan fingerprint density at radius 2 is 1.74 bits per heavy atom. The summed E-state index contributed by atoms with van der Waals surface area (Å²) in [5, 5.41) is 1.17. The number of aromatic nitrogens is 1. The van der Waals surface area contributed by atoms with Crippen LogP contribution in [0.3, 0.4) is 0 Å². The zero-order chi connectivity index (χ0) is 14.3. The van der Waals surface area contributed by atoms with Crippen LogP contribution in [0, 0.1) is 0 Å². The maximum atomic E-state index is 5.85. The van der Waals surface area contributed by atoms with Crippen molar-refractivity contribution in [1.29, 1.82) is 0 Å². The maximum Gasteiger partial charge on any atom is 0.185 e. The molecule has 0 unspecified atom stereocenters. The van der Waals surface area contributed by atoms with Gasteiger partial charge >= 0.3 is 0 Å². The van der Waals surface area contributed by atoms with Crippen LogP contribution in [-0.2, 0) is 6.54 Å². The van der Waals surface area contributed by atoms with Crippen molar-refractivity contribution in [1.82, 2.24) is 4.98 Å². The zero-order valence-electron chi connectivity index (χ0n) is 12.9. The first-order valence-corrected chi connectivity index (χ1v) is 8.40. The van der Waals surface area contributed by atoms with E-state index in [9.17, 15) is 0 Å². The number of unbranched alkanes of at least 4 members (excludes halogenated alkanes) is 2. The van der Waals surface area contributed by atoms with E-state index < -0.39 is 0 Å². The molecule has 3 nitrogen and oxygen atoms in total. The molecule has 1 rings (SSSR count). The van der Waals surface area contributed by atoms with Crippen LogP contribution in [0.5, 0.6) is 0 Å². The Bertz CT molecular complexity index is 352. The molecule has 0 aliphatic rings. The highest BCUT2D eigenvalue weighted by atomic mass is 32.1. The van der Waals surface area contributed by atoms with E-state index in [1.165, 1.54) is 41.4 Å². The molecule has 0 spiro atoms. The van der Waals surface area contributed by atoms with Crippen molar-refractivity contribution in [2.24, 2.45) is 5.73 Å². The van der Waals surface area contributed by atoms with Gasteiger partial charge in [0.25, 0.3) is 0 Å². The molecule has 0 atom stereocenters. The van der Waals surface area contributed by atoms with Crippen LogP contribution < -0.4 is 10.6 Å².